The number of thioether (sulfide) groups is 2. The average molecular weight is 258 g/mol. The van der Waals surface area contributed by atoms with Crippen molar-refractivity contribution in [2.24, 2.45) is 0 Å². The van der Waals surface area contributed by atoms with E-state index in [4.69, 9.17) is 9.05 Å². The molecule has 0 aliphatic carbocycles. The number of rotatable bonds is 5. The molecule has 0 heterocycles. The van der Waals surface area contributed by atoms with Crippen molar-refractivity contribution in [1.82, 2.24) is 0 Å². The molecule has 0 saturated carbocycles. The summed E-state index contributed by atoms with van der Waals surface area (Å²) < 4.78 is 20.7. The van der Waals surface area contributed by atoms with Crippen LogP contribution in [0.2, 0.25) is 0 Å². The average Bonchev–Trinajstić information content (AvgIpc) is 2.25. The molecule has 0 aliphatic rings. The van der Waals surface area contributed by atoms with Gasteiger partial charge in [-0.2, -0.15) is 0 Å². The highest BCUT2D eigenvalue weighted by atomic mass is 32.2. The first-order valence-corrected chi connectivity index (χ1v) is 7.76. The first-order chi connectivity index (χ1) is 6.41. The summed E-state index contributed by atoms with van der Waals surface area (Å²) in [6.45, 7) is 1.57. The third kappa shape index (κ3) is 2.36. The van der Waals surface area contributed by atoms with Crippen LogP contribution >= 0.6 is 31.1 Å². The predicted molar refractivity (Wildman–Crippen MR) is 62.1 cm³/mol. The van der Waals surface area contributed by atoms with Crippen molar-refractivity contribution in [2.75, 3.05) is 26.7 Å². The van der Waals surface area contributed by atoms with Crippen molar-refractivity contribution >= 4 is 36.2 Å². The molecule has 0 saturated heterocycles. The normalized spacial score (nSPS) is 16.4. The molecule has 0 N–H and O–H groups in total. The molecular formula is C7H15O4PS2. The summed E-state index contributed by atoms with van der Waals surface area (Å²) in [6.07, 6.45) is 3.35. The van der Waals surface area contributed by atoms with Crippen LogP contribution in [0.15, 0.2) is 0 Å². The van der Waals surface area contributed by atoms with Crippen LogP contribution in [-0.4, -0.2) is 36.3 Å². The molecule has 0 amide bonds. The summed E-state index contributed by atoms with van der Waals surface area (Å²) in [4.78, 5) is 11.6. The molecule has 0 radical (unpaired) electrons. The van der Waals surface area contributed by atoms with E-state index in [9.17, 15) is 9.36 Å². The second-order valence-corrected chi connectivity index (χ2v) is 7.47. The summed E-state index contributed by atoms with van der Waals surface area (Å²) in [5.41, 5.74) is 0. The number of hydrogen-bond donors (Lipinski definition) is 0. The van der Waals surface area contributed by atoms with Gasteiger partial charge in [0.1, 0.15) is 0 Å². The van der Waals surface area contributed by atoms with Gasteiger partial charge in [-0.05, 0) is 19.4 Å². The Labute approximate surface area is 93.0 Å². The van der Waals surface area contributed by atoms with Gasteiger partial charge in [0.15, 0.2) is 4.49 Å². The number of carbonyl (C=O) groups excluding carboxylic acids is 1. The maximum absolute atomic E-state index is 12.1. The Bertz CT molecular complexity index is 250. The van der Waals surface area contributed by atoms with Crippen LogP contribution in [0, 0.1) is 0 Å². The Morgan fingerprint density at radius 1 is 1.29 bits per heavy atom. The standard InChI is InChI=1S/C7H15O4PS2/c1-7(14-5,6(8)13-4)12(9,10-2)11-3/h1-5H3. The molecule has 0 aromatic carbocycles. The highest BCUT2D eigenvalue weighted by Crippen LogP contribution is 2.64. The molecule has 84 valence electrons. The minimum Gasteiger partial charge on any atom is -0.311 e. The first-order valence-electron chi connectivity index (χ1n) is 3.77. The second-order valence-electron chi connectivity index (χ2n) is 2.54. The van der Waals surface area contributed by atoms with Gasteiger partial charge in [-0.3, -0.25) is 9.36 Å². The van der Waals surface area contributed by atoms with E-state index < -0.39 is 12.1 Å². The van der Waals surface area contributed by atoms with Crippen LogP contribution in [-0.2, 0) is 18.4 Å². The Morgan fingerprint density at radius 2 is 1.71 bits per heavy atom. The highest BCUT2D eigenvalue weighted by molar-refractivity contribution is 8.18. The minimum absolute atomic E-state index is 0.211. The van der Waals surface area contributed by atoms with Gasteiger partial charge < -0.3 is 9.05 Å². The molecule has 0 bridgehead atoms. The van der Waals surface area contributed by atoms with Crippen molar-refractivity contribution in [3.8, 4) is 0 Å². The summed E-state index contributed by atoms with van der Waals surface area (Å²) in [6, 6.07) is 0. The number of hydrogen-bond acceptors (Lipinski definition) is 6. The Hall–Kier alpha value is 0.520. The van der Waals surface area contributed by atoms with Gasteiger partial charge in [0.05, 0.1) is 0 Å². The van der Waals surface area contributed by atoms with E-state index in [1.54, 1.807) is 19.4 Å². The smallest absolute Gasteiger partial charge is 0.311 e. The SMILES string of the molecule is COP(=O)(OC)C(C)(SC)C(=O)SC. The fourth-order valence-corrected chi connectivity index (χ4v) is 4.99. The quantitative estimate of drug-likeness (QED) is 0.706. The highest BCUT2D eigenvalue weighted by Gasteiger charge is 2.51. The third-order valence-corrected chi connectivity index (χ3v) is 7.43. The van der Waals surface area contributed by atoms with Gasteiger partial charge in [-0.15, -0.1) is 11.8 Å². The molecule has 0 spiro atoms. The first kappa shape index (κ1) is 14.5. The van der Waals surface area contributed by atoms with Crippen molar-refractivity contribution in [1.29, 1.82) is 0 Å². The van der Waals surface area contributed by atoms with Crippen molar-refractivity contribution in [3.05, 3.63) is 0 Å². The van der Waals surface area contributed by atoms with E-state index in [1.807, 2.05) is 0 Å². The molecule has 0 aliphatic heterocycles. The molecule has 1 atom stereocenters. The zero-order chi connectivity index (χ0) is 11.4. The van der Waals surface area contributed by atoms with E-state index in [0.29, 0.717) is 0 Å². The summed E-state index contributed by atoms with van der Waals surface area (Å²) in [5, 5.41) is -0.211. The zero-order valence-corrected chi connectivity index (χ0v) is 11.4. The van der Waals surface area contributed by atoms with Crippen molar-refractivity contribution in [2.45, 2.75) is 11.4 Å². The van der Waals surface area contributed by atoms with Gasteiger partial charge in [-0.25, -0.2) is 0 Å². The maximum Gasteiger partial charge on any atom is 0.354 e. The predicted octanol–water partition coefficient (Wildman–Crippen LogP) is 2.44. The van der Waals surface area contributed by atoms with E-state index in [1.165, 1.54) is 26.0 Å². The molecule has 4 nitrogen and oxygen atoms in total. The summed E-state index contributed by atoms with van der Waals surface area (Å²) in [7, 11) is -0.815. The lowest BCUT2D eigenvalue weighted by molar-refractivity contribution is -0.111. The van der Waals surface area contributed by atoms with Crippen LogP contribution in [0.25, 0.3) is 0 Å². The Balaban J connectivity index is 5.21. The molecule has 7 heteroatoms. The maximum atomic E-state index is 12.1. The molecule has 0 rings (SSSR count). The fraction of sp³-hybridized carbons (Fsp3) is 0.857. The molecule has 14 heavy (non-hydrogen) atoms. The van der Waals surface area contributed by atoms with Crippen LogP contribution in [0.5, 0.6) is 0 Å². The monoisotopic (exact) mass is 258 g/mol. The molecule has 0 fully saturated rings. The Morgan fingerprint density at radius 3 is 1.93 bits per heavy atom. The van der Waals surface area contributed by atoms with E-state index in [2.05, 4.69) is 0 Å². The van der Waals surface area contributed by atoms with E-state index in [-0.39, 0.29) is 5.12 Å². The van der Waals surface area contributed by atoms with Crippen LogP contribution in [0.3, 0.4) is 0 Å². The number of carbonyl (C=O) groups is 1. The topological polar surface area (TPSA) is 52.6 Å². The van der Waals surface area contributed by atoms with Crippen LogP contribution in [0.1, 0.15) is 6.92 Å². The lowest BCUT2D eigenvalue weighted by atomic mass is 10.5. The molecule has 0 aromatic rings. The summed E-state index contributed by atoms with van der Waals surface area (Å²) in [5.74, 6) is 0. The fourth-order valence-electron chi connectivity index (χ4n) is 0.919. The second kappa shape index (κ2) is 5.56. The minimum atomic E-state index is -3.38. The van der Waals surface area contributed by atoms with E-state index in [0.717, 1.165) is 11.8 Å². The van der Waals surface area contributed by atoms with Gasteiger partial charge in [0, 0.05) is 14.2 Å². The van der Waals surface area contributed by atoms with E-state index >= 15 is 0 Å². The van der Waals surface area contributed by atoms with Crippen LogP contribution < -0.4 is 0 Å². The lowest BCUT2D eigenvalue weighted by Crippen LogP contribution is -2.30. The van der Waals surface area contributed by atoms with Crippen molar-refractivity contribution < 1.29 is 18.4 Å². The molecular weight excluding hydrogens is 243 g/mol. The molecule has 0 aromatic heterocycles. The van der Waals surface area contributed by atoms with Crippen LogP contribution in [0.4, 0.5) is 0 Å². The third-order valence-electron chi connectivity index (χ3n) is 1.96. The Kier molecular flexibility index (Phi) is 5.77. The van der Waals surface area contributed by atoms with Gasteiger partial charge in [0.25, 0.3) is 0 Å². The van der Waals surface area contributed by atoms with Crippen molar-refractivity contribution in [3.63, 3.8) is 0 Å². The van der Waals surface area contributed by atoms with Gasteiger partial charge in [0.2, 0.25) is 5.12 Å². The zero-order valence-electron chi connectivity index (χ0n) is 8.90. The lowest BCUT2D eigenvalue weighted by Gasteiger charge is -2.30. The van der Waals surface area contributed by atoms with Gasteiger partial charge in [-0.1, -0.05) is 11.8 Å². The molecule has 1 unspecified atom stereocenters. The van der Waals surface area contributed by atoms with Gasteiger partial charge >= 0.3 is 7.60 Å². The largest absolute Gasteiger partial charge is 0.354 e. The summed E-state index contributed by atoms with van der Waals surface area (Å²) >= 11 is 2.20.